The van der Waals surface area contributed by atoms with E-state index in [4.69, 9.17) is 0 Å². The van der Waals surface area contributed by atoms with Gasteiger partial charge in [0.1, 0.15) is 5.54 Å². The highest BCUT2D eigenvalue weighted by molar-refractivity contribution is 5.79. The Morgan fingerprint density at radius 3 is 2.57 bits per heavy atom. The summed E-state index contributed by atoms with van der Waals surface area (Å²) in [6, 6.07) is 0.228. The molecule has 1 rings (SSSR count). The lowest BCUT2D eigenvalue weighted by atomic mass is 9.73. The fraction of sp³-hybridized carbons (Fsp3) is 0.909. The molecule has 3 nitrogen and oxygen atoms in total. The molecule has 0 spiro atoms. The van der Waals surface area contributed by atoms with Crippen molar-refractivity contribution in [1.82, 2.24) is 5.32 Å². The molecule has 0 amide bonds. The summed E-state index contributed by atoms with van der Waals surface area (Å²) in [5.41, 5.74) is -0.674. The van der Waals surface area contributed by atoms with Crippen LogP contribution in [0.2, 0.25) is 0 Å². The van der Waals surface area contributed by atoms with Gasteiger partial charge in [-0.3, -0.25) is 10.1 Å². The first-order valence-corrected chi connectivity index (χ1v) is 5.50. The second-order valence-corrected chi connectivity index (χ2v) is 4.72. The van der Waals surface area contributed by atoms with Crippen LogP contribution in [-0.2, 0) is 4.79 Å². The Morgan fingerprint density at radius 1 is 1.50 bits per heavy atom. The minimum absolute atomic E-state index is 0.228. The molecular formula is C11H21NO2. The van der Waals surface area contributed by atoms with Gasteiger partial charge in [-0.1, -0.05) is 19.8 Å². The number of carbonyl (C=O) groups is 1. The fourth-order valence-corrected chi connectivity index (χ4v) is 2.46. The van der Waals surface area contributed by atoms with E-state index in [0.717, 1.165) is 25.7 Å². The van der Waals surface area contributed by atoms with Crippen LogP contribution in [0.15, 0.2) is 0 Å². The van der Waals surface area contributed by atoms with Crippen LogP contribution >= 0.6 is 0 Å². The van der Waals surface area contributed by atoms with Crippen molar-refractivity contribution >= 4 is 5.97 Å². The smallest absolute Gasteiger partial charge is 0.324 e. The second-order valence-electron chi connectivity index (χ2n) is 4.72. The fourth-order valence-electron chi connectivity index (χ4n) is 2.46. The van der Waals surface area contributed by atoms with Gasteiger partial charge in [0.05, 0.1) is 0 Å². The molecular weight excluding hydrogens is 178 g/mol. The first-order valence-electron chi connectivity index (χ1n) is 5.50. The van der Waals surface area contributed by atoms with Gasteiger partial charge in [-0.25, -0.2) is 0 Å². The van der Waals surface area contributed by atoms with E-state index >= 15 is 0 Å². The molecule has 0 aromatic rings. The van der Waals surface area contributed by atoms with Gasteiger partial charge < -0.3 is 5.11 Å². The van der Waals surface area contributed by atoms with Crippen LogP contribution in [0.3, 0.4) is 0 Å². The van der Waals surface area contributed by atoms with Gasteiger partial charge in [0.15, 0.2) is 0 Å². The number of carboxylic acid groups (broad SMARTS) is 1. The minimum atomic E-state index is -0.682. The highest BCUT2D eigenvalue weighted by Crippen LogP contribution is 2.34. The van der Waals surface area contributed by atoms with E-state index in [2.05, 4.69) is 5.32 Å². The molecule has 0 aliphatic heterocycles. The third-order valence-electron chi connectivity index (χ3n) is 3.23. The topological polar surface area (TPSA) is 49.3 Å². The van der Waals surface area contributed by atoms with Gasteiger partial charge >= 0.3 is 5.97 Å². The van der Waals surface area contributed by atoms with Crippen molar-refractivity contribution in [2.24, 2.45) is 5.92 Å². The lowest BCUT2D eigenvalue weighted by Crippen LogP contribution is -2.60. The van der Waals surface area contributed by atoms with Gasteiger partial charge in [0.2, 0.25) is 0 Å². The molecule has 0 radical (unpaired) electrons. The second kappa shape index (κ2) is 4.30. The maximum absolute atomic E-state index is 11.4. The van der Waals surface area contributed by atoms with Crippen molar-refractivity contribution in [3.8, 4) is 0 Å². The van der Waals surface area contributed by atoms with E-state index in [1.165, 1.54) is 0 Å². The average Bonchev–Trinajstić information content (AvgIpc) is 2.08. The molecule has 0 aromatic heterocycles. The van der Waals surface area contributed by atoms with E-state index < -0.39 is 11.5 Å². The van der Waals surface area contributed by atoms with Crippen LogP contribution < -0.4 is 5.32 Å². The van der Waals surface area contributed by atoms with Crippen molar-refractivity contribution in [2.75, 3.05) is 0 Å². The molecule has 0 aromatic carbocycles. The lowest BCUT2D eigenvalue weighted by Gasteiger charge is -2.41. The maximum Gasteiger partial charge on any atom is 0.324 e. The Balaban J connectivity index is 2.83. The standard InChI is InChI=1S/C11H21NO2/c1-8(2)12-11(10(13)14)7-5-4-6-9(11)3/h8-9,12H,4-7H2,1-3H3,(H,13,14). The molecule has 2 unspecified atom stereocenters. The van der Waals surface area contributed by atoms with Crippen molar-refractivity contribution in [1.29, 1.82) is 0 Å². The highest BCUT2D eigenvalue weighted by atomic mass is 16.4. The first-order chi connectivity index (χ1) is 6.49. The van der Waals surface area contributed by atoms with E-state index in [1.54, 1.807) is 0 Å². The Kier molecular flexibility index (Phi) is 3.53. The zero-order chi connectivity index (χ0) is 10.8. The zero-order valence-electron chi connectivity index (χ0n) is 9.34. The maximum atomic E-state index is 11.4. The summed E-state index contributed by atoms with van der Waals surface area (Å²) in [6.45, 7) is 6.06. The number of nitrogens with one attached hydrogen (secondary N) is 1. The molecule has 1 fully saturated rings. The van der Waals surface area contributed by atoms with Crippen LogP contribution in [-0.4, -0.2) is 22.7 Å². The molecule has 1 saturated carbocycles. The van der Waals surface area contributed by atoms with Crippen LogP contribution in [0.25, 0.3) is 0 Å². The molecule has 2 N–H and O–H groups in total. The SMILES string of the molecule is CC(C)NC1(C(=O)O)CCCCC1C. The monoisotopic (exact) mass is 199 g/mol. The zero-order valence-corrected chi connectivity index (χ0v) is 9.34. The van der Waals surface area contributed by atoms with Gasteiger partial charge in [-0.15, -0.1) is 0 Å². The molecule has 14 heavy (non-hydrogen) atoms. The normalized spacial score (nSPS) is 33.3. The number of hydrogen-bond acceptors (Lipinski definition) is 2. The van der Waals surface area contributed by atoms with Crippen molar-refractivity contribution in [2.45, 2.75) is 58.0 Å². The van der Waals surface area contributed by atoms with E-state index in [1.807, 2.05) is 20.8 Å². The predicted molar refractivity (Wildman–Crippen MR) is 56.3 cm³/mol. The summed E-state index contributed by atoms with van der Waals surface area (Å²) in [4.78, 5) is 11.4. The summed E-state index contributed by atoms with van der Waals surface area (Å²) < 4.78 is 0. The number of hydrogen-bond donors (Lipinski definition) is 2. The van der Waals surface area contributed by atoms with E-state index in [0.29, 0.717) is 0 Å². The van der Waals surface area contributed by atoms with Crippen molar-refractivity contribution in [3.05, 3.63) is 0 Å². The Bertz CT molecular complexity index is 215. The predicted octanol–water partition coefficient (Wildman–Crippen LogP) is 2.02. The van der Waals surface area contributed by atoms with Crippen LogP contribution in [0.1, 0.15) is 46.5 Å². The average molecular weight is 199 g/mol. The molecule has 3 heteroatoms. The van der Waals surface area contributed by atoms with Gasteiger partial charge in [0.25, 0.3) is 0 Å². The molecule has 82 valence electrons. The molecule has 2 atom stereocenters. The van der Waals surface area contributed by atoms with Crippen LogP contribution in [0.5, 0.6) is 0 Å². The molecule has 0 saturated heterocycles. The van der Waals surface area contributed by atoms with Crippen LogP contribution in [0.4, 0.5) is 0 Å². The number of rotatable bonds is 3. The van der Waals surface area contributed by atoms with E-state index in [9.17, 15) is 9.90 Å². The number of aliphatic carboxylic acids is 1. The van der Waals surface area contributed by atoms with Gasteiger partial charge in [0, 0.05) is 6.04 Å². The quantitative estimate of drug-likeness (QED) is 0.731. The number of carboxylic acids is 1. The Hall–Kier alpha value is -0.570. The van der Waals surface area contributed by atoms with Crippen molar-refractivity contribution < 1.29 is 9.90 Å². The van der Waals surface area contributed by atoms with Gasteiger partial charge in [-0.05, 0) is 32.6 Å². The Labute approximate surface area is 85.9 Å². The summed E-state index contributed by atoms with van der Waals surface area (Å²) >= 11 is 0. The largest absolute Gasteiger partial charge is 0.480 e. The molecule has 1 aliphatic carbocycles. The summed E-state index contributed by atoms with van der Waals surface area (Å²) in [5, 5.41) is 12.6. The van der Waals surface area contributed by atoms with Crippen LogP contribution in [0, 0.1) is 5.92 Å². The minimum Gasteiger partial charge on any atom is -0.480 e. The Morgan fingerprint density at radius 2 is 2.14 bits per heavy atom. The summed E-state index contributed by atoms with van der Waals surface area (Å²) in [6.07, 6.45) is 3.97. The lowest BCUT2D eigenvalue weighted by molar-refractivity contribution is -0.149. The molecule has 1 aliphatic rings. The molecule has 0 bridgehead atoms. The summed E-state index contributed by atoms with van der Waals surface area (Å²) in [7, 11) is 0. The highest BCUT2D eigenvalue weighted by Gasteiger charge is 2.45. The van der Waals surface area contributed by atoms with E-state index in [-0.39, 0.29) is 12.0 Å². The third kappa shape index (κ3) is 2.08. The van der Waals surface area contributed by atoms with Crippen molar-refractivity contribution in [3.63, 3.8) is 0 Å². The molecule has 0 heterocycles. The summed E-state index contributed by atoms with van der Waals surface area (Å²) in [5.74, 6) is -0.449. The third-order valence-corrected chi connectivity index (χ3v) is 3.23. The van der Waals surface area contributed by atoms with Gasteiger partial charge in [-0.2, -0.15) is 0 Å². The first kappa shape index (κ1) is 11.5.